The van der Waals surface area contributed by atoms with Gasteiger partial charge in [-0.05, 0) is 11.6 Å². The number of urea groups is 1. The predicted octanol–water partition coefficient (Wildman–Crippen LogP) is 0.945. The molecule has 0 spiro atoms. The molecule has 1 rings (SSSR count). The molecule has 1 heterocycles. The standard InChI is InChI=1S/C13H15N3O3S/c1-2-6-20-7-5-14-13(19)16-9-10-3-4-11(12(17)18)15-8-10/h1,3-4,8H,5-7,9H2,(H,17,18)(H2,14,16,19). The van der Waals surface area contributed by atoms with Crippen molar-refractivity contribution in [2.24, 2.45) is 0 Å². The number of carbonyl (C=O) groups is 2. The minimum Gasteiger partial charge on any atom is -0.477 e. The van der Waals surface area contributed by atoms with Crippen LogP contribution in [0.1, 0.15) is 16.1 Å². The van der Waals surface area contributed by atoms with E-state index >= 15 is 0 Å². The number of aromatic carboxylic acids is 1. The summed E-state index contributed by atoms with van der Waals surface area (Å²) in [6.45, 7) is 0.824. The Balaban J connectivity index is 2.24. The SMILES string of the molecule is C#CCSCCNC(=O)NCc1ccc(C(=O)O)nc1. The van der Waals surface area contributed by atoms with Crippen LogP contribution in [-0.2, 0) is 6.54 Å². The average Bonchev–Trinajstić information content (AvgIpc) is 2.45. The second-order valence-corrected chi connectivity index (χ2v) is 4.83. The molecule has 0 saturated heterocycles. The fraction of sp³-hybridized carbons (Fsp3) is 0.308. The van der Waals surface area contributed by atoms with Gasteiger partial charge in [-0.15, -0.1) is 18.2 Å². The monoisotopic (exact) mass is 293 g/mol. The molecule has 0 saturated carbocycles. The molecule has 0 unspecified atom stereocenters. The molecule has 1 aromatic heterocycles. The van der Waals surface area contributed by atoms with Crippen molar-refractivity contribution in [1.29, 1.82) is 0 Å². The van der Waals surface area contributed by atoms with Crippen molar-refractivity contribution < 1.29 is 14.7 Å². The van der Waals surface area contributed by atoms with Crippen LogP contribution in [0.2, 0.25) is 0 Å². The quantitative estimate of drug-likeness (QED) is 0.514. The van der Waals surface area contributed by atoms with Gasteiger partial charge in [-0.25, -0.2) is 14.6 Å². The Hall–Kier alpha value is -2.20. The number of carboxylic acids is 1. The van der Waals surface area contributed by atoms with E-state index in [9.17, 15) is 9.59 Å². The highest BCUT2D eigenvalue weighted by molar-refractivity contribution is 7.99. The lowest BCUT2D eigenvalue weighted by atomic mass is 10.2. The summed E-state index contributed by atoms with van der Waals surface area (Å²) >= 11 is 1.57. The Morgan fingerprint density at radius 1 is 1.40 bits per heavy atom. The maximum absolute atomic E-state index is 11.4. The zero-order valence-corrected chi connectivity index (χ0v) is 11.6. The van der Waals surface area contributed by atoms with Crippen LogP contribution in [0.15, 0.2) is 18.3 Å². The molecule has 1 aromatic rings. The first-order valence-corrected chi connectivity index (χ1v) is 7.00. The molecule has 0 aliphatic heterocycles. The van der Waals surface area contributed by atoms with Crippen molar-refractivity contribution in [2.75, 3.05) is 18.1 Å². The molecular weight excluding hydrogens is 278 g/mol. The predicted molar refractivity (Wildman–Crippen MR) is 77.6 cm³/mol. The summed E-state index contributed by atoms with van der Waals surface area (Å²) in [5.41, 5.74) is 0.704. The number of hydrogen-bond donors (Lipinski definition) is 3. The van der Waals surface area contributed by atoms with Crippen LogP contribution in [0.5, 0.6) is 0 Å². The molecule has 0 aromatic carbocycles. The molecule has 2 amide bonds. The number of rotatable bonds is 7. The van der Waals surface area contributed by atoms with Gasteiger partial charge in [-0.1, -0.05) is 12.0 Å². The van der Waals surface area contributed by atoms with Gasteiger partial charge in [-0.3, -0.25) is 0 Å². The number of nitrogens with one attached hydrogen (secondary N) is 2. The second-order valence-electron chi connectivity index (χ2n) is 3.72. The molecule has 3 N–H and O–H groups in total. The highest BCUT2D eigenvalue weighted by Crippen LogP contribution is 2.00. The first-order valence-electron chi connectivity index (χ1n) is 5.84. The number of pyridine rings is 1. The number of carboxylic acid groups (broad SMARTS) is 1. The fourth-order valence-corrected chi connectivity index (χ4v) is 1.78. The highest BCUT2D eigenvalue weighted by Gasteiger charge is 2.04. The van der Waals surface area contributed by atoms with E-state index in [1.54, 1.807) is 17.8 Å². The number of nitrogens with zero attached hydrogens (tertiary/aromatic N) is 1. The van der Waals surface area contributed by atoms with Crippen molar-refractivity contribution in [1.82, 2.24) is 15.6 Å². The molecule has 20 heavy (non-hydrogen) atoms. The molecular formula is C13H15N3O3S. The minimum absolute atomic E-state index is 0.0243. The van der Waals surface area contributed by atoms with E-state index in [-0.39, 0.29) is 18.3 Å². The van der Waals surface area contributed by atoms with E-state index in [0.717, 1.165) is 11.3 Å². The summed E-state index contributed by atoms with van der Waals surface area (Å²) < 4.78 is 0. The summed E-state index contributed by atoms with van der Waals surface area (Å²) in [4.78, 5) is 25.8. The first kappa shape index (κ1) is 15.9. The maximum Gasteiger partial charge on any atom is 0.354 e. The van der Waals surface area contributed by atoms with E-state index < -0.39 is 5.97 Å². The van der Waals surface area contributed by atoms with Crippen LogP contribution in [0.25, 0.3) is 0 Å². The van der Waals surface area contributed by atoms with Gasteiger partial charge in [-0.2, -0.15) is 0 Å². The lowest BCUT2D eigenvalue weighted by molar-refractivity contribution is 0.0690. The van der Waals surface area contributed by atoms with Crippen molar-refractivity contribution >= 4 is 23.8 Å². The normalized spacial score (nSPS) is 9.55. The largest absolute Gasteiger partial charge is 0.477 e. The molecule has 106 valence electrons. The molecule has 6 nitrogen and oxygen atoms in total. The summed E-state index contributed by atoms with van der Waals surface area (Å²) in [5, 5.41) is 14.0. The van der Waals surface area contributed by atoms with Gasteiger partial charge < -0.3 is 15.7 Å². The average molecular weight is 293 g/mol. The van der Waals surface area contributed by atoms with Crippen molar-refractivity contribution in [3.63, 3.8) is 0 Å². The topological polar surface area (TPSA) is 91.3 Å². The van der Waals surface area contributed by atoms with Gasteiger partial charge in [0.2, 0.25) is 0 Å². The van der Waals surface area contributed by atoms with Gasteiger partial charge in [0.15, 0.2) is 0 Å². The Labute approximate surface area is 121 Å². The lowest BCUT2D eigenvalue weighted by Gasteiger charge is -2.07. The highest BCUT2D eigenvalue weighted by atomic mass is 32.2. The van der Waals surface area contributed by atoms with E-state index in [1.165, 1.54) is 12.3 Å². The van der Waals surface area contributed by atoms with E-state index in [2.05, 4.69) is 21.5 Å². The second kappa shape index (κ2) is 8.82. The van der Waals surface area contributed by atoms with Gasteiger partial charge in [0.1, 0.15) is 5.69 Å². The van der Waals surface area contributed by atoms with Crippen molar-refractivity contribution in [3.05, 3.63) is 29.6 Å². The number of carbonyl (C=O) groups excluding carboxylic acids is 1. The molecule has 0 aliphatic rings. The van der Waals surface area contributed by atoms with E-state index in [0.29, 0.717) is 12.3 Å². The number of amides is 2. The number of aromatic nitrogens is 1. The minimum atomic E-state index is -1.08. The van der Waals surface area contributed by atoms with Gasteiger partial charge in [0.25, 0.3) is 0 Å². The third-order valence-electron chi connectivity index (χ3n) is 2.21. The van der Waals surface area contributed by atoms with Crippen molar-refractivity contribution in [2.45, 2.75) is 6.54 Å². The molecule has 7 heteroatoms. The number of hydrogen-bond acceptors (Lipinski definition) is 4. The number of thioether (sulfide) groups is 1. The van der Waals surface area contributed by atoms with Crippen molar-refractivity contribution in [3.8, 4) is 12.3 Å². The van der Waals surface area contributed by atoms with Crippen LogP contribution in [0.4, 0.5) is 4.79 Å². The number of terminal acetylenes is 1. The maximum atomic E-state index is 11.4. The zero-order chi connectivity index (χ0) is 14.8. The molecule has 0 atom stereocenters. The summed E-state index contributed by atoms with van der Waals surface area (Å²) in [6, 6.07) is 2.72. The summed E-state index contributed by atoms with van der Waals surface area (Å²) in [6.07, 6.45) is 6.52. The van der Waals surface area contributed by atoms with Gasteiger partial charge in [0, 0.05) is 25.0 Å². The van der Waals surface area contributed by atoms with E-state index in [4.69, 9.17) is 11.5 Å². The molecule has 0 bridgehead atoms. The third kappa shape index (κ3) is 6.11. The van der Waals surface area contributed by atoms with Crippen LogP contribution >= 0.6 is 11.8 Å². The Morgan fingerprint density at radius 2 is 2.20 bits per heavy atom. The van der Waals surface area contributed by atoms with Crippen LogP contribution in [0, 0.1) is 12.3 Å². The Morgan fingerprint density at radius 3 is 2.80 bits per heavy atom. The Kier molecular flexibility index (Phi) is 7.00. The fourth-order valence-electron chi connectivity index (χ4n) is 1.27. The lowest BCUT2D eigenvalue weighted by Crippen LogP contribution is -2.36. The Bertz CT molecular complexity index is 497. The molecule has 0 fully saturated rings. The summed E-state index contributed by atoms with van der Waals surface area (Å²) in [7, 11) is 0. The van der Waals surface area contributed by atoms with Gasteiger partial charge in [0.05, 0.1) is 5.75 Å². The summed E-state index contributed by atoms with van der Waals surface area (Å²) in [5.74, 6) is 2.81. The molecule has 0 aliphatic carbocycles. The van der Waals surface area contributed by atoms with Crippen LogP contribution < -0.4 is 10.6 Å². The van der Waals surface area contributed by atoms with Crippen LogP contribution in [0.3, 0.4) is 0 Å². The van der Waals surface area contributed by atoms with Crippen LogP contribution in [-0.4, -0.2) is 40.1 Å². The smallest absolute Gasteiger partial charge is 0.354 e. The molecule has 0 radical (unpaired) electrons. The zero-order valence-electron chi connectivity index (χ0n) is 10.8. The van der Waals surface area contributed by atoms with Gasteiger partial charge >= 0.3 is 12.0 Å². The third-order valence-corrected chi connectivity index (χ3v) is 3.08. The van der Waals surface area contributed by atoms with E-state index in [1.807, 2.05) is 0 Å². The first-order chi connectivity index (χ1) is 9.63.